The SMILES string of the molecule is CCCOCC(NC)C1CCCCCCC1. The van der Waals surface area contributed by atoms with Crippen LogP contribution in [0, 0.1) is 5.92 Å². The monoisotopic (exact) mass is 227 g/mol. The molecule has 0 heterocycles. The molecule has 0 saturated heterocycles. The lowest BCUT2D eigenvalue weighted by Crippen LogP contribution is -2.38. The zero-order valence-corrected chi connectivity index (χ0v) is 11.1. The highest BCUT2D eigenvalue weighted by Crippen LogP contribution is 2.25. The maximum absolute atomic E-state index is 5.70. The first-order valence-corrected chi connectivity index (χ1v) is 7.13. The second-order valence-electron chi connectivity index (χ2n) is 5.08. The maximum atomic E-state index is 5.70. The van der Waals surface area contributed by atoms with E-state index >= 15 is 0 Å². The van der Waals surface area contributed by atoms with Gasteiger partial charge in [-0.2, -0.15) is 0 Å². The summed E-state index contributed by atoms with van der Waals surface area (Å²) in [7, 11) is 2.08. The Kier molecular flexibility index (Phi) is 7.87. The first-order chi connectivity index (χ1) is 7.88. The van der Waals surface area contributed by atoms with Gasteiger partial charge in [0.2, 0.25) is 0 Å². The third-order valence-corrected chi connectivity index (χ3v) is 3.74. The zero-order valence-electron chi connectivity index (χ0n) is 11.1. The first kappa shape index (κ1) is 14.0. The molecule has 0 amide bonds. The van der Waals surface area contributed by atoms with Crippen LogP contribution in [-0.4, -0.2) is 26.3 Å². The van der Waals surface area contributed by atoms with Crippen LogP contribution in [0.3, 0.4) is 0 Å². The Morgan fingerprint density at radius 1 is 1.12 bits per heavy atom. The summed E-state index contributed by atoms with van der Waals surface area (Å²) in [5.41, 5.74) is 0. The molecule has 16 heavy (non-hydrogen) atoms. The number of likely N-dealkylation sites (N-methyl/N-ethyl adjacent to an activating group) is 1. The van der Waals surface area contributed by atoms with Crippen LogP contribution < -0.4 is 5.32 Å². The predicted molar refractivity (Wildman–Crippen MR) is 69.8 cm³/mol. The third-order valence-electron chi connectivity index (χ3n) is 3.74. The smallest absolute Gasteiger partial charge is 0.0622 e. The van der Waals surface area contributed by atoms with E-state index in [1.807, 2.05) is 0 Å². The summed E-state index contributed by atoms with van der Waals surface area (Å²) < 4.78 is 5.70. The second kappa shape index (κ2) is 9.00. The molecule has 1 aliphatic carbocycles. The van der Waals surface area contributed by atoms with E-state index in [1.54, 1.807) is 0 Å². The standard InChI is InChI=1S/C14H29NO/c1-3-11-16-12-14(15-2)13-9-7-5-4-6-8-10-13/h13-15H,3-12H2,1-2H3. The summed E-state index contributed by atoms with van der Waals surface area (Å²) in [4.78, 5) is 0. The molecule has 1 aliphatic rings. The molecule has 1 fully saturated rings. The summed E-state index contributed by atoms with van der Waals surface area (Å²) in [6, 6.07) is 0.574. The van der Waals surface area contributed by atoms with E-state index in [0.29, 0.717) is 6.04 Å². The van der Waals surface area contributed by atoms with Crippen LogP contribution in [0.4, 0.5) is 0 Å². The van der Waals surface area contributed by atoms with Gasteiger partial charge in [0.1, 0.15) is 0 Å². The lowest BCUT2D eigenvalue weighted by Gasteiger charge is -2.28. The van der Waals surface area contributed by atoms with Crippen molar-refractivity contribution in [1.29, 1.82) is 0 Å². The van der Waals surface area contributed by atoms with Gasteiger partial charge in [-0.25, -0.2) is 0 Å². The van der Waals surface area contributed by atoms with E-state index < -0.39 is 0 Å². The maximum Gasteiger partial charge on any atom is 0.0622 e. The van der Waals surface area contributed by atoms with Crippen molar-refractivity contribution in [3.05, 3.63) is 0 Å². The van der Waals surface area contributed by atoms with Gasteiger partial charge in [0.05, 0.1) is 6.61 Å². The quantitative estimate of drug-likeness (QED) is 0.703. The average Bonchev–Trinajstić information content (AvgIpc) is 2.25. The zero-order chi connectivity index (χ0) is 11.6. The van der Waals surface area contributed by atoms with Gasteiger partial charge in [-0.05, 0) is 32.2 Å². The summed E-state index contributed by atoms with van der Waals surface area (Å²) in [6.07, 6.45) is 11.0. The number of hydrogen-bond acceptors (Lipinski definition) is 2. The predicted octanol–water partition coefficient (Wildman–Crippen LogP) is 3.36. The topological polar surface area (TPSA) is 21.3 Å². The largest absolute Gasteiger partial charge is 0.380 e. The number of rotatable bonds is 6. The fourth-order valence-electron chi connectivity index (χ4n) is 2.70. The first-order valence-electron chi connectivity index (χ1n) is 7.13. The molecule has 1 saturated carbocycles. The van der Waals surface area contributed by atoms with Gasteiger partial charge in [-0.15, -0.1) is 0 Å². The highest BCUT2D eigenvalue weighted by molar-refractivity contribution is 4.76. The molecule has 0 aromatic rings. The fourth-order valence-corrected chi connectivity index (χ4v) is 2.70. The van der Waals surface area contributed by atoms with E-state index in [1.165, 1.54) is 44.9 Å². The molecule has 0 aliphatic heterocycles. The summed E-state index contributed by atoms with van der Waals surface area (Å²) in [5, 5.41) is 3.45. The minimum absolute atomic E-state index is 0.574. The van der Waals surface area contributed by atoms with E-state index in [0.717, 1.165) is 25.6 Å². The van der Waals surface area contributed by atoms with Crippen molar-refractivity contribution in [1.82, 2.24) is 5.32 Å². The molecular weight excluding hydrogens is 198 g/mol. The van der Waals surface area contributed by atoms with E-state index in [-0.39, 0.29) is 0 Å². The highest BCUT2D eigenvalue weighted by atomic mass is 16.5. The van der Waals surface area contributed by atoms with Gasteiger partial charge >= 0.3 is 0 Å². The van der Waals surface area contributed by atoms with Crippen LogP contribution in [0.25, 0.3) is 0 Å². The second-order valence-corrected chi connectivity index (χ2v) is 5.08. The molecule has 0 aromatic heterocycles. The van der Waals surface area contributed by atoms with Crippen LogP contribution in [0.15, 0.2) is 0 Å². The van der Waals surface area contributed by atoms with Crippen molar-refractivity contribution >= 4 is 0 Å². The van der Waals surface area contributed by atoms with Gasteiger partial charge in [-0.3, -0.25) is 0 Å². The van der Waals surface area contributed by atoms with Crippen LogP contribution in [0.1, 0.15) is 58.3 Å². The molecule has 0 bridgehead atoms. The van der Waals surface area contributed by atoms with Crippen molar-refractivity contribution in [3.8, 4) is 0 Å². The van der Waals surface area contributed by atoms with Crippen molar-refractivity contribution in [3.63, 3.8) is 0 Å². The minimum atomic E-state index is 0.574. The average molecular weight is 227 g/mol. The van der Waals surface area contributed by atoms with Crippen LogP contribution in [0.2, 0.25) is 0 Å². The Bertz CT molecular complexity index is 153. The summed E-state index contributed by atoms with van der Waals surface area (Å²) >= 11 is 0. The van der Waals surface area contributed by atoms with E-state index in [9.17, 15) is 0 Å². The van der Waals surface area contributed by atoms with Crippen LogP contribution in [-0.2, 0) is 4.74 Å². The molecule has 0 radical (unpaired) electrons. The van der Waals surface area contributed by atoms with Crippen LogP contribution in [0.5, 0.6) is 0 Å². The molecule has 2 nitrogen and oxygen atoms in total. The fraction of sp³-hybridized carbons (Fsp3) is 1.00. The molecule has 1 N–H and O–H groups in total. The molecule has 1 atom stereocenters. The Morgan fingerprint density at radius 3 is 2.31 bits per heavy atom. The Labute approximate surface area is 101 Å². The minimum Gasteiger partial charge on any atom is -0.380 e. The molecule has 1 rings (SSSR count). The number of nitrogens with one attached hydrogen (secondary N) is 1. The molecule has 0 aromatic carbocycles. The molecule has 96 valence electrons. The molecule has 2 heteroatoms. The van der Waals surface area contributed by atoms with E-state index in [2.05, 4.69) is 19.3 Å². The highest BCUT2D eigenvalue weighted by Gasteiger charge is 2.20. The van der Waals surface area contributed by atoms with Crippen LogP contribution >= 0.6 is 0 Å². The van der Waals surface area contributed by atoms with Gasteiger partial charge < -0.3 is 10.1 Å². The summed E-state index contributed by atoms with van der Waals surface area (Å²) in [5.74, 6) is 0.835. The lowest BCUT2D eigenvalue weighted by atomic mass is 9.86. The Morgan fingerprint density at radius 2 is 1.75 bits per heavy atom. The van der Waals surface area contributed by atoms with Gasteiger partial charge in [-0.1, -0.05) is 39.0 Å². The van der Waals surface area contributed by atoms with Crippen molar-refractivity contribution in [2.45, 2.75) is 64.3 Å². The summed E-state index contributed by atoms with van der Waals surface area (Å²) in [6.45, 7) is 3.98. The Hall–Kier alpha value is -0.0800. The molecule has 1 unspecified atom stereocenters. The third kappa shape index (κ3) is 5.31. The number of hydrogen-bond donors (Lipinski definition) is 1. The number of ether oxygens (including phenoxy) is 1. The van der Waals surface area contributed by atoms with Gasteiger partial charge in [0.25, 0.3) is 0 Å². The van der Waals surface area contributed by atoms with E-state index in [4.69, 9.17) is 4.74 Å². The Balaban J connectivity index is 2.29. The van der Waals surface area contributed by atoms with Crippen molar-refractivity contribution in [2.24, 2.45) is 5.92 Å². The molecular formula is C14H29NO. The van der Waals surface area contributed by atoms with Gasteiger partial charge in [0.15, 0.2) is 0 Å². The normalized spacial score (nSPS) is 21.4. The van der Waals surface area contributed by atoms with Crippen molar-refractivity contribution < 1.29 is 4.74 Å². The lowest BCUT2D eigenvalue weighted by molar-refractivity contribution is 0.0900. The molecule has 0 spiro atoms. The van der Waals surface area contributed by atoms with Gasteiger partial charge in [0, 0.05) is 12.6 Å². The van der Waals surface area contributed by atoms with Crippen molar-refractivity contribution in [2.75, 3.05) is 20.3 Å².